The van der Waals surface area contributed by atoms with Crippen LogP contribution >= 0.6 is 11.3 Å². The van der Waals surface area contributed by atoms with Gasteiger partial charge in [-0.2, -0.15) is 0 Å². The summed E-state index contributed by atoms with van der Waals surface area (Å²) in [6.07, 6.45) is -1.65. The number of rotatable bonds is 6. The maximum absolute atomic E-state index is 11.1. The molecule has 6 nitrogen and oxygen atoms in total. The van der Waals surface area contributed by atoms with Gasteiger partial charge in [0, 0.05) is 35.0 Å². The highest BCUT2D eigenvalue weighted by molar-refractivity contribution is 7.12. The van der Waals surface area contributed by atoms with Gasteiger partial charge in [-0.1, -0.05) is 24.3 Å². The Morgan fingerprint density at radius 1 is 0.690 bits per heavy atom. The molecule has 2 unspecified atom stereocenters. The molecule has 0 bridgehead atoms. The quantitative estimate of drug-likeness (QED) is 0.496. The lowest BCUT2D eigenvalue weighted by molar-refractivity contribution is -0.115. The smallest absolute Gasteiger partial charge is 0.221 e. The van der Waals surface area contributed by atoms with E-state index < -0.39 is 12.2 Å². The third-order valence-corrected chi connectivity index (χ3v) is 5.47. The summed E-state index contributed by atoms with van der Waals surface area (Å²) in [5.41, 5.74) is 2.72. The lowest BCUT2D eigenvalue weighted by atomic mass is 10.1. The Morgan fingerprint density at radius 2 is 1.03 bits per heavy atom. The first-order valence-electron chi connectivity index (χ1n) is 9.04. The average molecular weight is 410 g/mol. The van der Waals surface area contributed by atoms with Gasteiger partial charge < -0.3 is 20.8 Å². The zero-order chi connectivity index (χ0) is 21.0. The van der Waals surface area contributed by atoms with Crippen LogP contribution in [0.5, 0.6) is 0 Å². The number of aliphatic hydroxyl groups excluding tert-OH is 2. The number of nitrogens with one attached hydrogen (secondary N) is 2. The van der Waals surface area contributed by atoms with Gasteiger partial charge in [-0.15, -0.1) is 11.3 Å². The zero-order valence-corrected chi connectivity index (χ0v) is 16.9. The minimum atomic E-state index is -0.825. The summed E-state index contributed by atoms with van der Waals surface area (Å²) in [6.45, 7) is 2.88. The molecule has 0 fully saturated rings. The maximum atomic E-state index is 11.1. The highest BCUT2D eigenvalue weighted by Crippen LogP contribution is 2.34. The normalized spacial score (nSPS) is 12.8. The summed E-state index contributed by atoms with van der Waals surface area (Å²) < 4.78 is 0. The third kappa shape index (κ3) is 5.29. The molecule has 2 atom stereocenters. The van der Waals surface area contributed by atoms with Gasteiger partial charge in [0.1, 0.15) is 12.2 Å². The molecule has 1 aromatic heterocycles. The topological polar surface area (TPSA) is 98.7 Å². The molecule has 4 N–H and O–H groups in total. The second-order valence-electron chi connectivity index (χ2n) is 6.65. The molecule has 0 spiro atoms. The van der Waals surface area contributed by atoms with Crippen molar-refractivity contribution < 1.29 is 19.8 Å². The van der Waals surface area contributed by atoms with Crippen LogP contribution in [0.4, 0.5) is 11.4 Å². The predicted molar refractivity (Wildman–Crippen MR) is 114 cm³/mol. The van der Waals surface area contributed by atoms with E-state index in [1.165, 1.54) is 25.2 Å². The molecule has 7 heteroatoms. The molecule has 3 aromatic rings. The van der Waals surface area contributed by atoms with Gasteiger partial charge >= 0.3 is 0 Å². The van der Waals surface area contributed by atoms with Gasteiger partial charge in [-0.25, -0.2) is 0 Å². The van der Waals surface area contributed by atoms with Crippen LogP contribution in [-0.4, -0.2) is 22.0 Å². The van der Waals surface area contributed by atoms with Crippen LogP contribution in [0.1, 0.15) is 46.9 Å². The molecule has 3 rings (SSSR count). The molecule has 150 valence electrons. The fourth-order valence-corrected chi connectivity index (χ4v) is 3.93. The number of thiophene rings is 1. The Balaban J connectivity index is 1.72. The first-order valence-corrected chi connectivity index (χ1v) is 9.86. The second-order valence-corrected chi connectivity index (χ2v) is 7.80. The number of benzene rings is 2. The van der Waals surface area contributed by atoms with Crippen molar-refractivity contribution in [2.45, 2.75) is 26.1 Å². The van der Waals surface area contributed by atoms with Crippen LogP contribution in [-0.2, 0) is 9.59 Å². The lowest BCUT2D eigenvalue weighted by Crippen LogP contribution is -2.06. The van der Waals surface area contributed by atoms with E-state index in [2.05, 4.69) is 10.6 Å². The molecule has 1 heterocycles. The number of aliphatic hydroxyl groups is 2. The monoisotopic (exact) mass is 410 g/mol. The predicted octanol–water partition coefficient (Wildman–Crippen LogP) is 3.83. The Kier molecular flexibility index (Phi) is 6.43. The minimum Gasteiger partial charge on any atom is -0.383 e. The number of carbonyl (C=O) groups excluding carboxylic acids is 2. The highest BCUT2D eigenvalue weighted by Gasteiger charge is 2.18. The van der Waals surface area contributed by atoms with Crippen molar-refractivity contribution in [3.63, 3.8) is 0 Å². The van der Waals surface area contributed by atoms with Crippen molar-refractivity contribution in [1.82, 2.24) is 0 Å². The van der Waals surface area contributed by atoms with Crippen LogP contribution < -0.4 is 10.6 Å². The largest absolute Gasteiger partial charge is 0.383 e. The highest BCUT2D eigenvalue weighted by atomic mass is 32.1. The molecule has 0 radical (unpaired) electrons. The number of amides is 2. The van der Waals surface area contributed by atoms with Gasteiger partial charge in [0.15, 0.2) is 0 Å². The Morgan fingerprint density at radius 3 is 1.34 bits per heavy atom. The van der Waals surface area contributed by atoms with Crippen molar-refractivity contribution in [3.05, 3.63) is 81.5 Å². The average Bonchev–Trinajstić information content (AvgIpc) is 3.17. The van der Waals surface area contributed by atoms with E-state index in [1.807, 2.05) is 0 Å². The number of hydrogen-bond donors (Lipinski definition) is 4. The van der Waals surface area contributed by atoms with Crippen molar-refractivity contribution in [2.75, 3.05) is 10.6 Å². The number of hydrogen-bond acceptors (Lipinski definition) is 5. The fraction of sp³-hybridized carbons (Fsp3) is 0.182. The van der Waals surface area contributed by atoms with E-state index >= 15 is 0 Å². The van der Waals surface area contributed by atoms with E-state index in [1.54, 1.807) is 60.7 Å². The standard InChI is InChI=1S/C22H22N2O4S/c1-13(25)23-17-7-3-15(4-8-17)21(27)19-11-12-20(29-19)22(28)16-5-9-18(10-6-16)24-14(2)26/h3-12,21-22,27-28H,1-2H3,(H,23,25)(H,24,26). The third-order valence-electron chi connectivity index (χ3n) is 4.28. The summed E-state index contributed by atoms with van der Waals surface area (Å²) in [7, 11) is 0. The molecule has 0 aliphatic rings. The van der Waals surface area contributed by atoms with Gasteiger partial charge in [0.25, 0.3) is 0 Å². The molecule has 29 heavy (non-hydrogen) atoms. The SMILES string of the molecule is CC(=O)Nc1ccc(C(O)c2ccc(C(O)c3ccc(NC(C)=O)cc3)s2)cc1. The number of anilines is 2. The summed E-state index contributed by atoms with van der Waals surface area (Å²) >= 11 is 1.33. The van der Waals surface area contributed by atoms with E-state index in [0.29, 0.717) is 32.3 Å². The summed E-state index contributed by atoms with van der Waals surface area (Å²) in [5.74, 6) is -0.305. The first kappa shape index (κ1) is 20.7. The Labute approximate surface area is 172 Å². The van der Waals surface area contributed by atoms with Crippen molar-refractivity contribution in [3.8, 4) is 0 Å². The van der Waals surface area contributed by atoms with Crippen molar-refractivity contribution in [2.24, 2.45) is 0 Å². The van der Waals surface area contributed by atoms with Gasteiger partial charge in [0.2, 0.25) is 11.8 Å². The summed E-state index contributed by atoms with van der Waals surface area (Å²) in [6, 6.07) is 17.6. The van der Waals surface area contributed by atoms with E-state index in [0.717, 1.165) is 0 Å². The lowest BCUT2D eigenvalue weighted by Gasteiger charge is -2.12. The van der Waals surface area contributed by atoms with E-state index in [4.69, 9.17) is 0 Å². The molecule has 0 aliphatic heterocycles. The summed E-state index contributed by atoms with van der Waals surface area (Å²) in [4.78, 5) is 23.6. The summed E-state index contributed by atoms with van der Waals surface area (Å²) in [5, 5.41) is 26.7. The zero-order valence-electron chi connectivity index (χ0n) is 16.0. The molecule has 0 saturated carbocycles. The van der Waals surface area contributed by atoms with Crippen LogP contribution in [0.3, 0.4) is 0 Å². The molecular weight excluding hydrogens is 388 g/mol. The van der Waals surface area contributed by atoms with Gasteiger partial charge in [0.05, 0.1) is 0 Å². The number of carbonyl (C=O) groups is 2. The molecular formula is C22H22N2O4S. The molecule has 0 saturated heterocycles. The fourth-order valence-electron chi connectivity index (χ4n) is 2.89. The van der Waals surface area contributed by atoms with Gasteiger partial charge in [-0.05, 0) is 47.5 Å². The van der Waals surface area contributed by atoms with Crippen molar-refractivity contribution >= 4 is 34.5 Å². The van der Waals surface area contributed by atoms with Crippen LogP contribution in [0.25, 0.3) is 0 Å². The maximum Gasteiger partial charge on any atom is 0.221 e. The van der Waals surface area contributed by atoms with E-state index in [-0.39, 0.29) is 11.8 Å². The van der Waals surface area contributed by atoms with Gasteiger partial charge in [-0.3, -0.25) is 9.59 Å². The minimum absolute atomic E-state index is 0.153. The van der Waals surface area contributed by atoms with Crippen LogP contribution in [0.15, 0.2) is 60.7 Å². The van der Waals surface area contributed by atoms with Crippen LogP contribution in [0, 0.1) is 0 Å². The van der Waals surface area contributed by atoms with Crippen molar-refractivity contribution in [1.29, 1.82) is 0 Å². The van der Waals surface area contributed by atoms with E-state index in [9.17, 15) is 19.8 Å². The van der Waals surface area contributed by atoms with Crippen LogP contribution in [0.2, 0.25) is 0 Å². The second kappa shape index (κ2) is 9.00. The molecule has 2 amide bonds. The first-order chi connectivity index (χ1) is 13.8. The molecule has 2 aromatic carbocycles. The molecule has 0 aliphatic carbocycles. The Hall–Kier alpha value is -3.00. The Bertz CT molecular complexity index is 916.